The van der Waals surface area contributed by atoms with Crippen LogP contribution in [0.15, 0.2) is 54.6 Å². The van der Waals surface area contributed by atoms with E-state index in [-0.39, 0.29) is 18.0 Å². The van der Waals surface area contributed by atoms with Gasteiger partial charge in [-0.15, -0.1) is 0 Å². The number of halogens is 1. The lowest BCUT2D eigenvalue weighted by Crippen LogP contribution is -2.36. The molecule has 23 heavy (non-hydrogen) atoms. The third-order valence-corrected chi connectivity index (χ3v) is 4.44. The number of hydrogen-bond acceptors (Lipinski definition) is 2. The van der Waals surface area contributed by atoms with Gasteiger partial charge in [0, 0.05) is 5.02 Å². The zero-order valence-corrected chi connectivity index (χ0v) is 13.7. The van der Waals surface area contributed by atoms with Gasteiger partial charge in [-0.05, 0) is 43.7 Å². The van der Waals surface area contributed by atoms with E-state index >= 15 is 0 Å². The molecule has 0 N–H and O–H groups in total. The van der Waals surface area contributed by atoms with Gasteiger partial charge in [-0.1, -0.05) is 41.9 Å². The fourth-order valence-corrected chi connectivity index (χ4v) is 3.02. The van der Waals surface area contributed by atoms with Crippen LogP contribution in [0.5, 0.6) is 0 Å². The van der Waals surface area contributed by atoms with Crippen molar-refractivity contribution in [3.8, 4) is 0 Å². The number of nitrogens with zero attached hydrogens (tertiary/aromatic N) is 2. The van der Waals surface area contributed by atoms with E-state index in [1.807, 2.05) is 37.3 Å². The number of amides is 3. The van der Waals surface area contributed by atoms with E-state index < -0.39 is 6.04 Å². The molecule has 3 amide bonds. The Kier molecular flexibility index (Phi) is 4.09. The van der Waals surface area contributed by atoms with Crippen molar-refractivity contribution in [1.29, 1.82) is 0 Å². The predicted octanol–water partition coefficient (Wildman–Crippen LogP) is 4.26. The number of para-hydroxylation sites is 1. The first kappa shape index (κ1) is 15.6. The minimum Gasteiger partial charge on any atom is -0.305 e. The highest BCUT2D eigenvalue weighted by Gasteiger charge is 2.45. The topological polar surface area (TPSA) is 40.6 Å². The van der Waals surface area contributed by atoms with Crippen LogP contribution in [0.3, 0.4) is 0 Å². The number of urea groups is 1. The Labute approximate surface area is 140 Å². The summed E-state index contributed by atoms with van der Waals surface area (Å²) in [6.45, 7) is 3.68. The molecule has 0 bridgehead atoms. The number of rotatable bonds is 3. The Morgan fingerprint density at radius 2 is 1.61 bits per heavy atom. The number of benzene rings is 2. The molecule has 0 spiro atoms. The first-order valence-corrected chi connectivity index (χ1v) is 7.85. The molecule has 2 unspecified atom stereocenters. The van der Waals surface area contributed by atoms with Crippen molar-refractivity contribution in [2.75, 3.05) is 4.90 Å². The molecule has 2 aromatic carbocycles. The number of carbonyl (C=O) groups is 2. The maximum absolute atomic E-state index is 12.8. The van der Waals surface area contributed by atoms with Gasteiger partial charge in [-0.2, -0.15) is 0 Å². The van der Waals surface area contributed by atoms with Crippen molar-refractivity contribution in [3.63, 3.8) is 0 Å². The Balaban J connectivity index is 1.93. The van der Waals surface area contributed by atoms with Gasteiger partial charge in [0.15, 0.2) is 0 Å². The van der Waals surface area contributed by atoms with Crippen LogP contribution in [0, 0.1) is 0 Å². The summed E-state index contributed by atoms with van der Waals surface area (Å²) in [5.74, 6) is -0.206. The predicted molar refractivity (Wildman–Crippen MR) is 90.5 cm³/mol. The molecule has 1 heterocycles. The second-order valence-electron chi connectivity index (χ2n) is 5.60. The summed E-state index contributed by atoms with van der Waals surface area (Å²) >= 11 is 5.92. The average Bonchev–Trinajstić information content (AvgIpc) is 2.78. The van der Waals surface area contributed by atoms with Crippen molar-refractivity contribution in [2.24, 2.45) is 0 Å². The fourth-order valence-electron chi connectivity index (χ4n) is 2.90. The lowest BCUT2D eigenvalue weighted by molar-refractivity contribution is -0.119. The molecule has 0 aliphatic carbocycles. The molecule has 1 aliphatic heterocycles. The SMILES string of the molecule is CC1C(=O)N(c2ccccc2)C(=O)N1C(C)c1ccc(Cl)cc1. The van der Waals surface area contributed by atoms with Crippen molar-refractivity contribution in [3.05, 3.63) is 65.2 Å². The summed E-state index contributed by atoms with van der Waals surface area (Å²) in [5, 5.41) is 0.642. The van der Waals surface area contributed by atoms with Gasteiger partial charge in [0.1, 0.15) is 6.04 Å². The third-order valence-electron chi connectivity index (χ3n) is 4.19. The van der Waals surface area contributed by atoms with Gasteiger partial charge in [-0.25, -0.2) is 9.69 Å². The Hall–Kier alpha value is -2.33. The van der Waals surface area contributed by atoms with Crippen molar-refractivity contribution in [2.45, 2.75) is 25.9 Å². The van der Waals surface area contributed by atoms with E-state index in [0.717, 1.165) is 5.56 Å². The van der Waals surface area contributed by atoms with Gasteiger partial charge < -0.3 is 4.90 Å². The summed E-state index contributed by atoms with van der Waals surface area (Å²) in [6, 6.07) is 15.3. The van der Waals surface area contributed by atoms with Gasteiger partial charge in [0.2, 0.25) is 0 Å². The molecule has 3 rings (SSSR count). The summed E-state index contributed by atoms with van der Waals surface area (Å²) in [7, 11) is 0. The van der Waals surface area contributed by atoms with Crippen LogP contribution in [-0.4, -0.2) is 22.9 Å². The largest absolute Gasteiger partial charge is 0.332 e. The molecule has 0 saturated carbocycles. The van der Waals surface area contributed by atoms with Crippen LogP contribution in [-0.2, 0) is 4.79 Å². The molecule has 0 radical (unpaired) electrons. The van der Waals surface area contributed by atoms with E-state index in [9.17, 15) is 9.59 Å². The van der Waals surface area contributed by atoms with Gasteiger partial charge in [0.25, 0.3) is 5.91 Å². The normalized spacial score (nSPS) is 19.3. The second-order valence-corrected chi connectivity index (χ2v) is 6.04. The summed E-state index contributed by atoms with van der Waals surface area (Å²) in [5.41, 5.74) is 1.54. The molecule has 2 aromatic rings. The van der Waals surface area contributed by atoms with Gasteiger partial charge >= 0.3 is 6.03 Å². The summed E-state index contributed by atoms with van der Waals surface area (Å²) in [4.78, 5) is 28.2. The summed E-state index contributed by atoms with van der Waals surface area (Å²) < 4.78 is 0. The molecule has 1 fully saturated rings. The van der Waals surface area contributed by atoms with Crippen LogP contribution in [0.25, 0.3) is 0 Å². The molecule has 5 heteroatoms. The van der Waals surface area contributed by atoms with Crippen LogP contribution >= 0.6 is 11.6 Å². The monoisotopic (exact) mass is 328 g/mol. The number of anilines is 1. The van der Waals surface area contributed by atoms with E-state index in [2.05, 4.69) is 0 Å². The van der Waals surface area contributed by atoms with Gasteiger partial charge in [0.05, 0.1) is 11.7 Å². The van der Waals surface area contributed by atoms with Gasteiger partial charge in [-0.3, -0.25) is 4.79 Å². The van der Waals surface area contributed by atoms with Crippen LogP contribution in [0.2, 0.25) is 5.02 Å². The Morgan fingerprint density at radius 3 is 2.22 bits per heavy atom. The van der Waals surface area contributed by atoms with Crippen molar-refractivity contribution >= 4 is 29.2 Å². The molecular weight excluding hydrogens is 312 g/mol. The smallest absolute Gasteiger partial charge is 0.305 e. The average molecular weight is 329 g/mol. The zero-order chi connectivity index (χ0) is 16.6. The highest BCUT2D eigenvalue weighted by Crippen LogP contribution is 2.32. The first-order valence-electron chi connectivity index (χ1n) is 7.47. The minimum atomic E-state index is -0.506. The maximum atomic E-state index is 12.8. The van der Waals surface area contributed by atoms with Crippen molar-refractivity contribution in [1.82, 2.24) is 4.90 Å². The molecule has 2 atom stereocenters. The highest BCUT2D eigenvalue weighted by molar-refractivity contribution is 6.30. The second kappa shape index (κ2) is 6.05. The van der Waals surface area contributed by atoms with Crippen molar-refractivity contribution < 1.29 is 9.59 Å². The van der Waals surface area contributed by atoms with E-state index in [1.54, 1.807) is 36.1 Å². The fraction of sp³-hybridized carbons (Fsp3) is 0.222. The van der Waals surface area contributed by atoms with E-state index in [0.29, 0.717) is 10.7 Å². The third kappa shape index (κ3) is 2.70. The quantitative estimate of drug-likeness (QED) is 0.790. The lowest BCUT2D eigenvalue weighted by Gasteiger charge is -2.27. The zero-order valence-electron chi connectivity index (χ0n) is 12.9. The Bertz CT molecular complexity index is 730. The minimum absolute atomic E-state index is 0.206. The number of carbonyl (C=O) groups excluding carboxylic acids is 2. The standard InChI is InChI=1S/C18H17ClN2O2/c1-12(14-8-10-15(19)11-9-14)20-13(2)17(22)21(18(20)23)16-6-4-3-5-7-16/h3-13H,1-2H3. The van der Waals surface area contributed by atoms with Crippen LogP contribution in [0.1, 0.15) is 25.5 Å². The highest BCUT2D eigenvalue weighted by atomic mass is 35.5. The molecule has 0 aromatic heterocycles. The van der Waals surface area contributed by atoms with Crippen LogP contribution in [0.4, 0.5) is 10.5 Å². The van der Waals surface area contributed by atoms with E-state index in [4.69, 9.17) is 11.6 Å². The molecule has 4 nitrogen and oxygen atoms in total. The number of hydrogen-bond donors (Lipinski definition) is 0. The Morgan fingerprint density at radius 1 is 1.00 bits per heavy atom. The summed E-state index contributed by atoms with van der Waals surface area (Å²) in [6.07, 6.45) is 0. The molecule has 118 valence electrons. The molecular formula is C18H17ClN2O2. The first-order chi connectivity index (χ1) is 11.0. The van der Waals surface area contributed by atoms with Crippen LogP contribution < -0.4 is 4.90 Å². The van der Waals surface area contributed by atoms with E-state index in [1.165, 1.54) is 4.90 Å². The number of imide groups is 1. The maximum Gasteiger partial charge on any atom is 0.332 e. The molecule has 1 saturated heterocycles. The molecule has 1 aliphatic rings. The lowest BCUT2D eigenvalue weighted by atomic mass is 10.1.